The van der Waals surface area contributed by atoms with Gasteiger partial charge in [0.1, 0.15) is 11.5 Å². The molecule has 0 aliphatic heterocycles. The van der Waals surface area contributed by atoms with Crippen LogP contribution in [0.3, 0.4) is 0 Å². The van der Waals surface area contributed by atoms with Gasteiger partial charge in [-0.1, -0.05) is 142 Å². The average molecular weight is 1130 g/mol. The zero-order valence-electron chi connectivity index (χ0n) is 49.3. The molecule has 0 saturated carbocycles. The fourth-order valence-corrected chi connectivity index (χ4v) is 8.28. The van der Waals surface area contributed by atoms with Gasteiger partial charge in [-0.15, -0.1) is 0 Å². The number of ether oxygens (including phenoxy) is 10. The van der Waals surface area contributed by atoms with E-state index in [1.54, 1.807) is 36.4 Å². The molecule has 4 aromatic carbocycles. The Kier molecular flexibility index (Phi) is 33.9. The first kappa shape index (κ1) is 67.0. The molecule has 0 fully saturated rings. The summed E-state index contributed by atoms with van der Waals surface area (Å²) in [6, 6.07) is 21.6. The van der Waals surface area contributed by atoms with Crippen molar-refractivity contribution in [3.05, 3.63) is 121 Å². The van der Waals surface area contributed by atoms with Gasteiger partial charge in [0.05, 0.1) is 52.9 Å². The molecule has 14 heteroatoms. The number of benzene rings is 4. The normalized spacial score (nSPS) is 11.0. The standard InChI is InChI=1S/C68H90O14/c1-7-13-17-21-49-77-65-55(33-41-59(67(65)79-51-23-19-15-9-3)73-45-25-27-47-75-61(69)11-5)35-43-63(71)81-57-37-29-53(30-38-57)54-31-39-58(40-32-54)82-64(72)44-36-56-34-42-60(74-46-26-28-48-76-62(70)12-6)68(80-52-24-20-16-10-4)66(56)78-50-22-18-14-8-2/h11-12,29-44H,5-10,13-28,45-52H2,1-4H3/b43-35+,44-36+. The van der Waals surface area contributed by atoms with Crippen molar-refractivity contribution in [2.24, 2.45) is 0 Å². The largest absolute Gasteiger partial charge is 0.490 e. The van der Waals surface area contributed by atoms with Crippen molar-refractivity contribution in [2.75, 3.05) is 52.9 Å². The maximum atomic E-state index is 13.3. The van der Waals surface area contributed by atoms with E-state index < -0.39 is 23.9 Å². The van der Waals surface area contributed by atoms with Gasteiger partial charge in [0.2, 0.25) is 11.5 Å². The molecule has 0 aliphatic carbocycles. The summed E-state index contributed by atoms with van der Waals surface area (Å²) in [4.78, 5) is 49.5. The molecule has 0 heterocycles. The first-order chi connectivity index (χ1) is 40.1. The van der Waals surface area contributed by atoms with Gasteiger partial charge >= 0.3 is 23.9 Å². The molecule has 82 heavy (non-hydrogen) atoms. The molecule has 0 bridgehead atoms. The predicted octanol–water partition coefficient (Wildman–Crippen LogP) is 16.2. The lowest BCUT2D eigenvalue weighted by atomic mass is 10.1. The van der Waals surface area contributed by atoms with E-state index in [0.29, 0.717) is 122 Å². The van der Waals surface area contributed by atoms with Gasteiger partial charge in [-0.3, -0.25) is 0 Å². The molecule has 446 valence electrons. The second-order valence-electron chi connectivity index (χ2n) is 19.7. The molecule has 0 spiro atoms. The lowest BCUT2D eigenvalue weighted by Gasteiger charge is -2.19. The van der Waals surface area contributed by atoms with Crippen LogP contribution >= 0.6 is 0 Å². The van der Waals surface area contributed by atoms with Crippen molar-refractivity contribution >= 4 is 36.0 Å². The molecule has 0 aromatic heterocycles. The molecule has 0 saturated heterocycles. The van der Waals surface area contributed by atoms with Gasteiger partial charge in [0, 0.05) is 35.4 Å². The van der Waals surface area contributed by atoms with Crippen LogP contribution in [0.4, 0.5) is 0 Å². The van der Waals surface area contributed by atoms with Gasteiger partial charge in [-0.25, -0.2) is 19.2 Å². The number of hydrogen-bond donors (Lipinski definition) is 0. The second-order valence-corrected chi connectivity index (χ2v) is 19.7. The van der Waals surface area contributed by atoms with E-state index in [1.807, 2.05) is 48.5 Å². The Labute approximate surface area is 488 Å². The fraction of sp³-hybridized carbons (Fsp3) is 0.471. The summed E-state index contributed by atoms with van der Waals surface area (Å²) < 4.78 is 59.8. The van der Waals surface area contributed by atoms with E-state index in [1.165, 1.54) is 12.2 Å². The number of carbonyl (C=O) groups excluding carboxylic acids is 4. The Morgan fingerprint density at radius 1 is 0.341 bits per heavy atom. The van der Waals surface area contributed by atoms with Crippen LogP contribution in [0.1, 0.15) is 167 Å². The number of esters is 4. The Morgan fingerprint density at radius 3 is 0.976 bits per heavy atom. The number of carbonyl (C=O) groups is 4. The van der Waals surface area contributed by atoms with Crippen molar-refractivity contribution < 1.29 is 66.5 Å². The fourth-order valence-electron chi connectivity index (χ4n) is 8.28. The summed E-state index contributed by atoms with van der Waals surface area (Å²) in [7, 11) is 0. The van der Waals surface area contributed by atoms with Gasteiger partial charge < -0.3 is 47.4 Å². The van der Waals surface area contributed by atoms with Crippen molar-refractivity contribution in [3.8, 4) is 57.1 Å². The van der Waals surface area contributed by atoms with Crippen LogP contribution in [0.25, 0.3) is 23.3 Å². The summed E-state index contributed by atoms with van der Waals surface area (Å²) >= 11 is 0. The Balaban J connectivity index is 1.44. The first-order valence-corrected chi connectivity index (χ1v) is 29.8. The van der Waals surface area contributed by atoms with Crippen molar-refractivity contribution in [3.63, 3.8) is 0 Å². The number of rotatable bonds is 45. The summed E-state index contributed by atoms with van der Waals surface area (Å²) in [6.07, 6.45) is 27.3. The Morgan fingerprint density at radius 2 is 0.646 bits per heavy atom. The van der Waals surface area contributed by atoms with E-state index in [0.717, 1.165) is 126 Å². The third-order valence-electron chi connectivity index (χ3n) is 12.9. The quantitative estimate of drug-likeness (QED) is 0.0178. The first-order valence-electron chi connectivity index (χ1n) is 29.8. The molecule has 0 amide bonds. The molecule has 0 aliphatic rings. The van der Waals surface area contributed by atoms with E-state index >= 15 is 0 Å². The molecular formula is C68H90O14. The van der Waals surface area contributed by atoms with Crippen LogP contribution in [0.15, 0.2) is 110 Å². The van der Waals surface area contributed by atoms with Crippen molar-refractivity contribution in [1.29, 1.82) is 0 Å². The molecule has 4 rings (SSSR count). The lowest BCUT2D eigenvalue weighted by molar-refractivity contribution is -0.138. The van der Waals surface area contributed by atoms with Crippen LogP contribution in [0.5, 0.6) is 46.0 Å². The van der Waals surface area contributed by atoms with Gasteiger partial charge in [0.25, 0.3) is 0 Å². The summed E-state index contributed by atoms with van der Waals surface area (Å²) in [5.41, 5.74) is 3.02. The maximum Gasteiger partial charge on any atom is 0.336 e. The zero-order chi connectivity index (χ0) is 58.8. The van der Waals surface area contributed by atoms with E-state index in [4.69, 9.17) is 47.4 Å². The SMILES string of the molecule is C=CC(=O)OCCCCOc1ccc(/C=C/C(=O)Oc2ccc(-c3ccc(OC(=O)/C=C/c4ccc(OCCCCOC(=O)C=C)c(OCCCCCC)c4OCCCCCC)cc3)cc2)c(OCCCCCC)c1OCCCCCC. The minimum Gasteiger partial charge on any atom is -0.490 e. The number of unbranched alkanes of at least 4 members (excludes halogenated alkanes) is 14. The Bertz CT molecular complexity index is 2390. The van der Waals surface area contributed by atoms with Crippen LogP contribution in [-0.2, 0) is 28.7 Å². The van der Waals surface area contributed by atoms with Gasteiger partial charge in [-0.2, -0.15) is 0 Å². The molecule has 0 atom stereocenters. The molecule has 0 unspecified atom stereocenters. The van der Waals surface area contributed by atoms with Crippen LogP contribution < -0.4 is 37.9 Å². The molecule has 4 aromatic rings. The molecule has 0 N–H and O–H groups in total. The highest BCUT2D eigenvalue weighted by Crippen LogP contribution is 2.43. The Hall–Kier alpha value is -7.48. The third-order valence-corrected chi connectivity index (χ3v) is 12.9. The van der Waals surface area contributed by atoms with E-state index in [-0.39, 0.29) is 13.2 Å². The molecule has 0 radical (unpaired) electrons. The third kappa shape index (κ3) is 26.4. The lowest BCUT2D eigenvalue weighted by Crippen LogP contribution is -2.08. The smallest absolute Gasteiger partial charge is 0.336 e. The van der Waals surface area contributed by atoms with Crippen molar-refractivity contribution in [1.82, 2.24) is 0 Å². The van der Waals surface area contributed by atoms with Gasteiger partial charge in [0.15, 0.2) is 23.0 Å². The maximum absolute atomic E-state index is 13.3. The van der Waals surface area contributed by atoms with E-state index in [2.05, 4.69) is 40.9 Å². The monoisotopic (exact) mass is 1130 g/mol. The summed E-state index contributed by atoms with van der Waals surface area (Å²) in [5.74, 6) is 1.72. The van der Waals surface area contributed by atoms with Crippen LogP contribution in [-0.4, -0.2) is 76.7 Å². The molecular weight excluding hydrogens is 1040 g/mol. The highest BCUT2D eigenvalue weighted by atomic mass is 16.6. The minimum absolute atomic E-state index is 0.271. The van der Waals surface area contributed by atoms with E-state index in [9.17, 15) is 19.2 Å². The minimum atomic E-state index is -0.570. The topological polar surface area (TPSA) is 161 Å². The highest BCUT2D eigenvalue weighted by Gasteiger charge is 2.20. The highest BCUT2D eigenvalue weighted by molar-refractivity contribution is 5.90. The second kappa shape index (κ2) is 41.5. The summed E-state index contributed by atoms with van der Waals surface area (Å²) in [6.45, 7) is 18.7. The number of hydrogen-bond acceptors (Lipinski definition) is 14. The van der Waals surface area contributed by atoms with Gasteiger partial charge in [-0.05, 0) is 123 Å². The molecule has 14 nitrogen and oxygen atoms in total. The van der Waals surface area contributed by atoms with Crippen LogP contribution in [0, 0.1) is 0 Å². The van der Waals surface area contributed by atoms with Crippen LogP contribution in [0.2, 0.25) is 0 Å². The average Bonchev–Trinajstić information content (AvgIpc) is 3.70. The zero-order valence-corrected chi connectivity index (χ0v) is 49.3. The summed E-state index contributed by atoms with van der Waals surface area (Å²) in [5, 5.41) is 0. The predicted molar refractivity (Wildman–Crippen MR) is 324 cm³/mol. The van der Waals surface area contributed by atoms with Crippen molar-refractivity contribution in [2.45, 2.75) is 156 Å².